The first-order chi connectivity index (χ1) is 11.5. The number of hydrogen-bond acceptors (Lipinski definition) is 4. The number of esters is 1. The van der Waals surface area contributed by atoms with Crippen molar-refractivity contribution >= 4 is 5.97 Å². The van der Waals surface area contributed by atoms with Crippen LogP contribution in [0, 0.1) is 11.1 Å². The van der Waals surface area contributed by atoms with Crippen LogP contribution in [0.2, 0.25) is 0 Å². The minimum Gasteiger partial charge on any atom is -0.595 e. The van der Waals surface area contributed by atoms with Gasteiger partial charge in [-0.2, -0.15) is 0 Å². The lowest BCUT2D eigenvalue weighted by Gasteiger charge is -2.07. The summed E-state index contributed by atoms with van der Waals surface area (Å²) in [7, 11) is 1.28. The molecule has 0 aromatic heterocycles. The van der Waals surface area contributed by atoms with Gasteiger partial charge in [-0.15, -0.1) is 0 Å². The van der Waals surface area contributed by atoms with Crippen LogP contribution in [0.5, 0.6) is 0 Å². The Balaban J connectivity index is 3.55. The highest BCUT2D eigenvalue weighted by Crippen LogP contribution is 2.14. The number of allylic oxidation sites excluding steroid dienone is 1. The van der Waals surface area contributed by atoms with Crippen LogP contribution in [0.15, 0.2) is 17.4 Å². The maximum absolute atomic E-state index is 11.4. The summed E-state index contributed by atoms with van der Waals surface area (Å²) in [4.78, 5) is 11.6. The zero-order valence-electron chi connectivity index (χ0n) is 16.0. The van der Waals surface area contributed by atoms with Crippen molar-refractivity contribution in [2.24, 2.45) is 11.0 Å². The Morgan fingerprint density at radius 3 is 2.29 bits per heavy atom. The molecule has 0 N–H and O–H groups in total. The van der Waals surface area contributed by atoms with Crippen molar-refractivity contribution in [1.29, 1.82) is 0 Å². The summed E-state index contributed by atoms with van der Waals surface area (Å²) in [5.41, 5.74) is 0. The van der Waals surface area contributed by atoms with Gasteiger partial charge < -0.3 is 9.94 Å². The molecule has 0 spiro atoms. The fourth-order valence-corrected chi connectivity index (χ4v) is 2.43. The number of rotatable bonds is 14. The topological polar surface area (TPSA) is 64.7 Å². The number of azo groups is 1. The first-order valence-corrected chi connectivity index (χ1v) is 9.42. The van der Waals surface area contributed by atoms with Crippen LogP contribution < -0.4 is 0 Å². The molecule has 2 atom stereocenters. The highest BCUT2D eigenvalue weighted by Gasteiger charge is 2.14. The Kier molecular flexibility index (Phi) is 14.3. The van der Waals surface area contributed by atoms with Crippen LogP contribution >= 0.6 is 0 Å². The van der Waals surface area contributed by atoms with Crippen molar-refractivity contribution in [2.45, 2.75) is 91.0 Å². The average Bonchev–Trinajstić information content (AvgIpc) is 2.58. The number of carbonyl (C=O) groups excluding carboxylic acids is 1. The van der Waals surface area contributed by atoms with E-state index in [1.54, 1.807) is 0 Å². The summed E-state index contributed by atoms with van der Waals surface area (Å²) in [6.45, 7) is 6.13. The Morgan fingerprint density at radius 2 is 1.71 bits per heavy atom. The summed E-state index contributed by atoms with van der Waals surface area (Å²) < 4.78 is 4.51. The van der Waals surface area contributed by atoms with E-state index in [1.807, 2.05) is 6.08 Å². The zero-order chi connectivity index (χ0) is 18.2. The molecule has 5 nitrogen and oxygen atoms in total. The first-order valence-electron chi connectivity index (χ1n) is 9.42. The van der Waals surface area contributed by atoms with Crippen LogP contribution in [-0.4, -0.2) is 24.0 Å². The van der Waals surface area contributed by atoms with Gasteiger partial charge in [0, 0.05) is 0 Å². The minimum atomic E-state index is -0.766. The molecule has 0 aliphatic heterocycles. The molecule has 5 heteroatoms. The Morgan fingerprint density at radius 1 is 1.12 bits per heavy atom. The summed E-state index contributed by atoms with van der Waals surface area (Å²) >= 11 is 0. The Hall–Kier alpha value is -1.39. The van der Waals surface area contributed by atoms with Gasteiger partial charge >= 0.3 is 5.97 Å². The molecule has 24 heavy (non-hydrogen) atoms. The standard InChI is InChI=1S/C19H36N2O3/c1-5-17(2)15-13-11-9-7-6-8-10-12-14-16-21(23)20-18(3)19(22)24-4/h14,16-18H,5-13,15H2,1-4H3/b16-14+,21-20?/t17?,18-/m0/s1. The van der Waals surface area contributed by atoms with E-state index in [0.29, 0.717) is 4.86 Å². The van der Waals surface area contributed by atoms with Crippen molar-refractivity contribution in [3.63, 3.8) is 0 Å². The molecule has 140 valence electrons. The van der Waals surface area contributed by atoms with Crippen LogP contribution in [-0.2, 0) is 9.53 Å². The Labute approximate surface area is 147 Å². The average molecular weight is 341 g/mol. The summed E-state index contributed by atoms with van der Waals surface area (Å²) in [6, 6.07) is -0.766. The molecule has 0 aliphatic rings. The molecule has 0 saturated carbocycles. The quantitative estimate of drug-likeness (QED) is 0.136. The number of methoxy groups -OCH3 is 1. The molecule has 0 fully saturated rings. The van der Waals surface area contributed by atoms with E-state index < -0.39 is 12.0 Å². The fourth-order valence-electron chi connectivity index (χ4n) is 2.43. The zero-order valence-corrected chi connectivity index (χ0v) is 16.0. The van der Waals surface area contributed by atoms with Crippen LogP contribution in [0.1, 0.15) is 85.0 Å². The maximum Gasteiger partial charge on any atom is 0.336 e. The number of nitrogens with zero attached hydrogens (tertiary/aromatic N) is 2. The van der Waals surface area contributed by atoms with E-state index in [-0.39, 0.29) is 0 Å². The number of unbranched alkanes of at least 4 members (excludes halogenated alkanes) is 7. The third-order valence-electron chi connectivity index (χ3n) is 4.33. The van der Waals surface area contributed by atoms with Crippen molar-refractivity contribution < 1.29 is 14.4 Å². The number of carbonyl (C=O) groups is 1. The SMILES string of the molecule is CCC(C)CCCCCCCCC/C=C/[N+]([O-])=N[C@@H](C)C(=O)OC. The predicted octanol–water partition coefficient (Wildman–Crippen LogP) is 5.58. The minimum absolute atomic E-state index is 0.443. The molecule has 0 radical (unpaired) electrons. The highest BCUT2D eigenvalue weighted by atomic mass is 16.5. The summed E-state index contributed by atoms with van der Waals surface area (Å²) in [6.07, 6.45) is 15.6. The van der Waals surface area contributed by atoms with Gasteiger partial charge in [0.2, 0.25) is 12.2 Å². The molecule has 0 rings (SSSR count). The highest BCUT2D eigenvalue weighted by molar-refractivity contribution is 5.74. The van der Waals surface area contributed by atoms with Gasteiger partial charge in [0.1, 0.15) is 0 Å². The molecule has 0 bridgehead atoms. The number of hydroxylamine groups is 1. The molecule has 0 aromatic rings. The lowest BCUT2D eigenvalue weighted by Crippen LogP contribution is -2.17. The van der Waals surface area contributed by atoms with E-state index in [0.717, 1.165) is 18.8 Å². The molecule has 0 heterocycles. The molecule has 0 amide bonds. The van der Waals surface area contributed by atoms with Gasteiger partial charge in [0.25, 0.3) is 0 Å². The normalized spacial score (nSPS) is 14.8. The van der Waals surface area contributed by atoms with Crippen molar-refractivity contribution in [1.82, 2.24) is 0 Å². The second kappa shape index (κ2) is 15.2. The molecule has 0 saturated heterocycles. The van der Waals surface area contributed by atoms with Gasteiger partial charge in [-0.1, -0.05) is 70.1 Å². The second-order valence-corrected chi connectivity index (χ2v) is 6.57. The number of ether oxygens (including phenoxy) is 1. The van der Waals surface area contributed by atoms with Crippen LogP contribution in [0.3, 0.4) is 0 Å². The van der Waals surface area contributed by atoms with Crippen LogP contribution in [0.4, 0.5) is 0 Å². The smallest absolute Gasteiger partial charge is 0.336 e. The van der Waals surface area contributed by atoms with E-state index in [4.69, 9.17) is 0 Å². The van der Waals surface area contributed by atoms with E-state index in [9.17, 15) is 10.0 Å². The second-order valence-electron chi connectivity index (χ2n) is 6.57. The lowest BCUT2D eigenvalue weighted by atomic mass is 10.00. The third-order valence-corrected chi connectivity index (χ3v) is 4.33. The lowest BCUT2D eigenvalue weighted by molar-refractivity contribution is -0.461. The summed E-state index contributed by atoms with van der Waals surface area (Å²) in [5.74, 6) is 0.369. The van der Waals surface area contributed by atoms with E-state index in [2.05, 4.69) is 23.7 Å². The van der Waals surface area contributed by atoms with Gasteiger partial charge in [-0.25, -0.2) is 4.79 Å². The number of hydrogen-bond donors (Lipinski definition) is 0. The molecule has 1 unspecified atom stereocenters. The van der Waals surface area contributed by atoms with Gasteiger partial charge in [-0.3, -0.25) is 0 Å². The maximum atomic E-state index is 11.4. The van der Waals surface area contributed by atoms with E-state index in [1.165, 1.54) is 71.6 Å². The van der Waals surface area contributed by atoms with Gasteiger partial charge in [0.15, 0.2) is 0 Å². The molecule has 0 aliphatic carbocycles. The molecular weight excluding hydrogens is 304 g/mol. The van der Waals surface area contributed by atoms with Crippen molar-refractivity contribution in [3.8, 4) is 0 Å². The van der Waals surface area contributed by atoms with Crippen molar-refractivity contribution in [3.05, 3.63) is 17.5 Å². The van der Waals surface area contributed by atoms with Gasteiger partial charge in [-0.05, 0) is 36.9 Å². The monoisotopic (exact) mass is 340 g/mol. The largest absolute Gasteiger partial charge is 0.595 e. The fraction of sp³-hybridized carbons (Fsp3) is 0.842. The first kappa shape index (κ1) is 22.6. The molecular formula is C19H36N2O3. The molecule has 0 aromatic carbocycles. The third kappa shape index (κ3) is 13.1. The Bertz CT molecular complexity index is 381. The summed E-state index contributed by atoms with van der Waals surface area (Å²) in [5, 5.41) is 15.1. The predicted molar refractivity (Wildman–Crippen MR) is 97.7 cm³/mol. The van der Waals surface area contributed by atoms with Gasteiger partial charge in [0.05, 0.1) is 7.11 Å². The van der Waals surface area contributed by atoms with E-state index >= 15 is 0 Å². The van der Waals surface area contributed by atoms with Crippen LogP contribution in [0.25, 0.3) is 0 Å². The van der Waals surface area contributed by atoms with Crippen molar-refractivity contribution in [2.75, 3.05) is 7.11 Å².